The van der Waals surface area contributed by atoms with Gasteiger partial charge in [0.2, 0.25) is 0 Å². The Balaban J connectivity index is 2.82. The van der Waals surface area contributed by atoms with E-state index in [-0.39, 0.29) is 12.1 Å². The molecule has 2 unspecified atom stereocenters. The largest absolute Gasteiger partial charge is 0.496 e. The summed E-state index contributed by atoms with van der Waals surface area (Å²) in [5.74, 6) is 2.12. The van der Waals surface area contributed by atoms with Crippen molar-refractivity contribution < 1.29 is 14.2 Å². The minimum atomic E-state index is -0.0446. The van der Waals surface area contributed by atoms with Gasteiger partial charge in [0.1, 0.15) is 23.4 Å². The highest BCUT2D eigenvalue weighted by molar-refractivity contribution is 5.42. The van der Waals surface area contributed by atoms with Crippen LogP contribution in [0.2, 0.25) is 0 Å². The topological polar surface area (TPSA) is 53.7 Å². The van der Waals surface area contributed by atoms with E-state index in [9.17, 15) is 0 Å². The molecule has 2 N–H and O–H groups in total. The van der Waals surface area contributed by atoms with Crippen molar-refractivity contribution in [3.63, 3.8) is 0 Å². The molecule has 0 heterocycles. The number of hydrogen-bond donors (Lipinski definition) is 1. The normalized spacial score (nSPS) is 13.9. The Kier molecular flexibility index (Phi) is 5.10. The number of ether oxygens (including phenoxy) is 3. The van der Waals surface area contributed by atoms with Crippen LogP contribution >= 0.6 is 0 Å². The highest BCUT2D eigenvalue weighted by atomic mass is 16.5. The van der Waals surface area contributed by atoms with Gasteiger partial charge in [0.25, 0.3) is 0 Å². The van der Waals surface area contributed by atoms with Gasteiger partial charge in [-0.1, -0.05) is 6.92 Å². The molecule has 0 aliphatic rings. The summed E-state index contributed by atoms with van der Waals surface area (Å²) >= 11 is 0. The fourth-order valence-electron chi connectivity index (χ4n) is 1.48. The molecule has 0 saturated carbocycles. The highest BCUT2D eigenvalue weighted by Crippen LogP contribution is 2.28. The fourth-order valence-corrected chi connectivity index (χ4v) is 1.48. The molecule has 0 radical (unpaired) electrons. The van der Waals surface area contributed by atoms with Crippen LogP contribution in [0.3, 0.4) is 0 Å². The van der Waals surface area contributed by atoms with Crippen molar-refractivity contribution in [3.05, 3.63) is 18.2 Å². The number of methoxy groups -OCH3 is 2. The molecule has 1 rings (SSSR count). The lowest BCUT2D eigenvalue weighted by Gasteiger charge is -2.20. The molecular formula is C13H21NO3. The van der Waals surface area contributed by atoms with Gasteiger partial charge in [0.05, 0.1) is 14.2 Å². The summed E-state index contributed by atoms with van der Waals surface area (Å²) in [6.45, 7) is 4.00. The second-order valence-electron chi connectivity index (χ2n) is 3.94. The first-order chi connectivity index (χ1) is 8.10. The van der Waals surface area contributed by atoms with Gasteiger partial charge >= 0.3 is 0 Å². The monoisotopic (exact) mass is 239 g/mol. The van der Waals surface area contributed by atoms with Crippen molar-refractivity contribution in [1.29, 1.82) is 0 Å². The molecule has 1 aromatic rings. The lowest BCUT2D eigenvalue weighted by atomic mass is 10.1. The van der Waals surface area contributed by atoms with E-state index in [4.69, 9.17) is 19.9 Å². The molecule has 17 heavy (non-hydrogen) atoms. The lowest BCUT2D eigenvalue weighted by Crippen LogP contribution is -2.35. The molecule has 4 heteroatoms. The molecular weight excluding hydrogens is 218 g/mol. The Hall–Kier alpha value is -1.42. The third-order valence-corrected chi connectivity index (χ3v) is 2.72. The van der Waals surface area contributed by atoms with Crippen LogP contribution in [0.1, 0.15) is 20.3 Å². The first-order valence-electron chi connectivity index (χ1n) is 5.76. The Morgan fingerprint density at radius 3 is 1.94 bits per heavy atom. The Morgan fingerprint density at radius 1 is 1.06 bits per heavy atom. The van der Waals surface area contributed by atoms with Crippen LogP contribution in [0.15, 0.2) is 18.2 Å². The molecule has 1 aromatic carbocycles. The lowest BCUT2D eigenvalue weighted by molar-refractivity contribution is 0.186. The SMILES string of the molecule is CCC(N)C(C)Oc1cc(OC)cc(OC)c1. The maximum Gasteiger partial charge on any atom is 0.127 e. The van der Waals surface area contributed by atoms with Crippen molar-refractivity contribution in [2.45, 2.75) is 32.4 Å². The van der Waals surface area contributed by atoms with E-state index in [0.717, 1.165) is 6.42 Å². The third-order valence-electron chi connectivity index (χ3n) is 2.72. The summed E-state index contributed by atoms with van der Waals surface area (Å²) in [5, 5.41) is 0. The smallest absolute Gasteiger partial charge is 0.127 e. The van der Waals surface area contributed by atoms with E-state index in [1.807, 2.05) is 26.0 Å². The summed E-state index contributed by atoms with van der Waals surface area (Å²) in [4.78, 5) is 0. The molecule has 0 amide bonds. The van der Waals surface area contributed by atoms with Crippen LogP contribution in [0, 0.1) is 0 Å². The van der Waals surface area contributed by atoms with Gasteiger partial charge in [0, 0.05) is 24.2 Å². The molecule has 0 aromatic heterocycles. The Bertz CT molecular complexity index is 332. The van der Waals surface area contributed by atoms with Crippen LogP contribution < -0.4 is 19.9 Å². The van der Waals surface area contributed by atoms with E-state index in [0.29, 0.717) is 17.2 Å². The van der Waals surface area contributed by atoms with Crippen molar-refractivity contribution >= 4 is 0 Å². The zero-order valence-electron chi connectivity index (χ0n) is 10.9. The number of hydrogen-bond acceptors (Lipinski definition) is 4. The van der Waals surface area contributed by atoms with Gasteiger partial charge in [-0.25, -0.2) is 0 Å². The minimum absolute atomic E-state index is 0.0206. The van der Waals surface area contributed by atoms with Crippen LogP contribution in [0.5, 0.6) is 17.2 Å². The van der Waals surface area contributed by atoms with Crippen molar-refractivity contribution in [1.82, 2.24) is 0 Å². The van der Waals surface area contributed by atoms with E-state index in [2.05, 4.69) is 0 Å². The van der Waals surface area contributed by atoms with E-state index in [1.54, 1.807) is 20.3 Å². The third kappa shape index (κ3) is 3.82. The standard InChI is InChI=1S/C13H21NO3/c1-5-13(14)9(2)17-12-7-10(15-3)6-11(8-12)16-4/h6-9,13H,5,14H2,1-4H3. The minimum Gasteiger partial charge on any atom is -0.496 e. The average Bonchev–Trinajstić information content (AvgIpc) is 2.36. The van der Waals surface area contributed by atoms with Crippen molar-refractivity contribution in [2.24, 2.45) is 5.73 Å². The van der Waals surface area contributed by atoms with Gasteiger partial charge in [-0.05, 0) is 13.3 Å². The van der Waals surface area contributed by atoms with E-state index >= 15 is 0 Å². The molecule has 0 aliphatic heterocycles. The van der Waals surface area contributed by atoms with Gasteiger partial charge in [0.15, 0.2) is 0 Å². The number of nitrogens with two attached hydrogens (primary N) is 1. The molecule has 0 bridgehead atoms. The molecule has 96 valence electrons. The Morgan fingerprint density at radius 2 is 1.53 bits per heavy atom. The summed E-state index contributed by atoms with van der Waals surface area (Å²) in [6.07, 6.45) is 0.833. The fraction of sp³-hybridized carbons (Fsp3) is 0.538. The molecule has 0 spiro atoms. The van der Waals surface area contributed by atoms with Gasteiger partial charge < -0.3 is 19.9 Å². The Labute approximate surface area is 103 Å². The molecule has 2 atom stereocenters. The van der Waals surface area contributed by atoms with Crippen LogP contribution in [-0.4, -0.2) is 26.4 Å². The second-order valence-corrected chi connectivity index (χ2v) is 3.94. The summed E-state index contributed by atoms with van der Waals surface area (Å²) in [6, 6.07) is 5.47. The number of benzene rings is 1. The van der Waals surface area contributed by atoms with Crippen LogP contribution in [0.4, 0.5) is 0 Å². The summed E-state index contributed by atoms with van der Waals surface area (Å²) < 4.78 is 16.1. The first kappa shape index (κ1) is 13.6. The molecule has 4 nitrogen and oxygen atoms in total. The summed E-state index contributed by atoms with van der Waals surface area (Å²) in [7, 11) is 3.22. The first-order valence-corrected chi connectivity index (χ1v) is 5.76. The zero-order chi connectivity index (χ0) is 12.8. The highest BCUT2D eigenvalue weighted by Gasteiger charge is 2.13. The van der Waals surface area contributed by atoms with E-state index < -0.39 is 0 Å². The average molecular weight is 239 g/mol. The summed E-state index contributed by atoms with van der Waals surface area (Å²) in [5.41, 5.74) is 5.92. The van der Waals surface area contributed by atoms with Crippen molar-refractivity contribution in [3.8, 4) is 17.2 Å². The number of rotatable bonds is 6. The van der Waals surface area contributed by atoms with Crippen LogP contribution in [-0.2, 0) is 0 Å². The maximum atomic E-state index is 5.92. The zero-order valence-corrected chi connectivity index (χ0v) is 10.9. The maximum absolute atomic E-state index is 5.92. The quantitative estimate of drug-likeness (QED) is 0.827. The van der Waals surface area contributed by atoms with Crippen LogP contribution in [0.25, 0.3) is 0 Å². The molecule has 0 aliphatic carbocycles. The van der Waals surface area contributed by atoms with Gasteiger partial charge in [-0.3, -0.25) is 0 Å². The second kappa shape index (κ2) is 6.35. The predicted molar refractivity (Wildman–Crippen MR) is 67.9 cm³/mol. The van der Waals surface area contributed by atoms with Gasteiger partial charge in [-0.2, -0.15) is 0 Å². The molecule has 0 saturated heterocycles. The molecule has 0 fully saturated rings. The van der Waals surface area contributed by atoms with Gasteiger partial charge in [-0.15, -0.1) is 0 Å². The van der Waals surface area contributed by atoms with Crippen molar-refractivity contribution in [2.75, 3.05) is 14.2 Å². The van der Waals surface area contributed by atoms with E-state index in [1.165, 1.54) is 0 Å². The predicted octanol–water partition coefficient (Wildman–Crippen LogP) is 2.21.